The summed E-state index contributed by atoms with van der Waals surface area (Å²) in [5.74, 6) is 0.622. The predicted molar refractivity (Wildman–Crippen MR) is 113 cm³/mol. The van der Waals surface area contributed by atoms with E-state index in [1.165, 1.54) is 6.08 Å². The summed E-state index contributed by atoms with van der Waals surface area (Å²) in [6.07, 6.45) is 5.95. The molecule has 0 aliphatic rings. The molecule has 0 aliphatic carbocycles. The second-order valence-electron chi connectivity index (χ2n) is 6.27. The number of likely N-dealkylation sites (N-methyl/N-ethyl adjacent to an activating group) is 1. The zero-order valence-corrected chi connectivity index (χ0v) is 16.8. The standard InChI is InChI=1S/C21H24N2O4S/c1-4-15-27-20-12-7-18(8-13-20)16-23(2)21(24)14-9-17-5-10-19(11-6-17)22-28(3,25)26/h4-14,22H,1,15-16H2,2-3H3. The maximum Gasteiger partial charge on any atom is 0.246 e. The van der Waals surface area contributed by atoms with Crippen molar-refractivity contribution in [3.05, 3.63) is 78.4 Å². The molecule has 6 nitrogen and oxygen atoms in total. The van der Waals surface area contributed by atoms with Crippen molar-refractivity contribution in [3.63, 3.8) is 0 Å². The number of rotatable bonds is 9. The van der Waals surface area contributed by atoms with E-state index in [1.54, 1.807) is 48.4 Å². The molecule has 148 valence electrons. The first kappa shape index (κ1) is 21.2. The van der Waals surface area contributed by atoms with Gasteiger partial charge in [0.15, 0.2) is 0 Å². The second kappa shape index (κ2) is 9.75. The van der Waals surface area contributed by atoms with Crippen LogP contribution in [0.1, 0.15) is 11.1 Å². The molecular weight excluding hydrogens is 376 g/mol. The van der Waals surface area contributed by atoms with Gasteiger partial charge in [-0.2, -0.15) is 0 Å². The summed E-state index contributed by atoms with van der Waals surface area (Å²) >= 11 is 0. The zero-order valence-electron chi connectivity index (χ0n) is 16.0. The number of sulfonamides is 1. The molecule has 0 fully saturated rings. The summed E-state index contributed by atoms with van der Waals surface area (Å²) in [5, 5.41) is 0. The molecule has 0 spiro atoms. The number of carbonyl (C=O) groups is 1. The fraction of sp³-hybridized carbons (Fsp3) is 0.190. The van der Waals surface area contributed by atoms with Gasteiger partial charge in [-0.15, -0.1) is 0 Å². The van der Waals surface area contributed by atoms with Crippen molar-refractivity contribution in [2.75, 3.05) is 24.6 Å². The van der Waals surface area contributed by atoms with Crippen LogP contribution in [0.3, 0.4) is 0 Å². The first-order valence-electron chi connectivity index (χ1n) is 8.60. The van der Waals surface area contributed by atoms with Crippen LogP contribution in [-0.4, -0.2) is 39.1 Å². The Hall–Kier alpha value is -3.06. The van der Waals surface area contributed by atoms with E-state index >= 15 is 0 Å². The summed E-state index contributed by atoms with van der Waals surface area (Å²) in [5.41, 5.74) is 2.26. The maximum atomic E-state index is 12.3. The molecule has 7 heteroatoms. The minimum atomic E-state index is -3.31. The molecule has 1 amide bonds. The van der Waals surface area contributed by atoms with Gasteiger partial charge in [-0.25, -0.2) is 8.42 Å². The van der Waals surface area contributed by atoms with Crippen LogP contribution in [0, 0.1) is 0 Å². The third-order valence-corrected chi connectivity index (χ3v) is 4.33. The van der Waals surface area contributed by atoms with Crippen LogP contribution in [0.4, 0.5) is 5.69 Å². The smallest absolute Gasteiger partial charge is 0.246 e. The Kier molecular flexibility index (Phi) is 7.40. The Morgan fingerprint density at radius 1 is 1.14 bits per heavy atom. The summed E-state index contributed by atoms with van der Waals surface area (Å²) in [6, 6.07) is 14.3. The minimum Gasteiger partial charge on any atom is -0.490 e. The SMILES string of the molecule is C=CCOc1ccc(CN(C)C(=O)C=Cc2ccc(NS(C)(=O)=O)cc2)cc1. The molecule has 2 aromatic rings. The lowest BCUT2D eigenvalue weighted by Crippen LogP contribution is -2.24. The lowest BCUT2D eigenvalue weighted by Gasteiger charge is -2.15. The number of ether oxygens (including phenoxy) is 1. The lowest BCUT2D eigenvalue weighted by molar-refractivity contribution is -0.125. The van der Waals surface area contributed by atoms with Gasteiger partial charge >= 0.3 is 0 Å². The number of hydrogen-bond donors (Lipinski definition) is 1. The van der Waals surface area contributed by atoms with Gasteiger partial charge in [0.1, 0.15) is 12.4 Å². The van der Waals surface area contributed by atoms with Crippen molar-refractivity contribution < 1.29 is 17.9 Å². The van der Waals surface area contributed by atoms with E-state index in [4.69, 9.17) is 4.74 Å². The average Bonchev–Trinajstić information content (AvgIpc) is 2.65. The molecule has 0 bridgehead atoms. The molecule has 28 heavy (non-hydrogen) atoms. The van der Waals surface area contributed by atoms with Crippen molar-refractivity contribution in [2.45, 2.75) is 6.54 Å². The van der Waals surface area contributed by atoms with E-state index in [0.29, 0.717) is 18.8 Å². The highest BCUT2D eigenvalue weighted by atomic mass is 32.2. The van der Waals surface area contributed by atoms with Crippen LogP contribution in [-0.2, 0) is 21.4 Å². The molecule has 0 aromatic heterocycles. The number of benzene rings is 2. The third-order valence-electron chi connectivity index (χ3n) is 3.72. The van der Waals surface area contributed by atoms with Gasteiger partial charge in [0.25, 0.3) is 0 Å². The third kappa shape index (κ3) is 7.28. The molecular formula is C21H24N2O4S. The molecule has 0 atom stereocenters. The first-order chi connectivity index (χ1) is 13.3. The van der Waals surface area contributed by atoms with Gasteiger partial charge in [-0.05, 0) is 41.5 Å². The van der Waals surface area contributed by atoms with Gasteiger partial charge in [0, 0.05) is 25.4 Å². The lowest BCUT2D eigenvalue weighted by atomic mass is 10.2. The highest BCUT2D eigenvalue weighted by Gasteiger charge is 2.06. The number of anilines is 1. The summed E-state index contributed by atoms with van der Waals surface area (Å²) in [4.78, 5) is 13.9. The molecule has 0 saturated carbocycles. The van der Waals surface area contributed by atoms with E-state index < -0.39 is 10.0 Å². The summed E-state index contributed by atoms with van der Waals surface area (Å²) in [7, 11) is -1.58. The van der Waals surface area contributed by atoms with Crippen molar-refractivity contribution >= 4 is 27.7 Å². The van der Waals surface area contributed by atoms with Crippen LogP contribution < -0.4 is 9.46 Å². The van der Waals surface area contributed by atoms with Crippen LogP contribution in [0.15, 0.2) is 67.3 Å². The quantitative estimate of drug-likeness (QED) is 0.518. The number of hydrogen-bond acceptors (Lipinski definition) is 4. The monoisotopic (exact) mass is 400 g/mol. The van der Waals surface area contributed by atoms with Crippen LogP contribution in [0.25, 0.3) is 6.08 Å². The van der Waals surface area contributed by atoms with E-state index in [-0.39, 0.29) is 5.91 Å². The first-order valence-corrected chi connectivity index (χ1v) is 10.5. The van der Waals surface area contributed by atoms with Gasteiger partial charge in [0.2, 0.25) is 15.9 Å². The average molecular weight is 401 g/mol. The largest absolute Gasteiger partial charge is 0.490 e. The molecule has 0 unspecified atom stereocenters. The van der Waals surface area contributed by atoms with E-state index in [2.05, 4.69) is 11.3 Å². The molecule has 0 saturated heterocycles. The number of nitrogens with zero attached hydrogens (tertiary/aromatic N) is 1. The van der Waals surface area contributed by atoms with E-state index in [9.17, 15) is 13.2 Å². The van der Waals surface area contributed by atoms with Gasteiger partial charge in [-0.3, -0.25) is 9.52 Å². The topological polar surface area (TPSA) is 75.7 Å². The highest BCUT2D eigenvalue weighted by molar-refractivity contribution is 7.92. The van der Waals surface area contributed by atoms with Crippen molar-refractivity contribution in [2.24, 2.45) is 0 Å². The Labute approximate surface area is 166 Å². The second-order valence-corrected chi connectivity index (χ2v) is 8.02. The normalized spacial score (nSPS) is 11.2. The Morgan fingerprint density at radius 3 is 2.36 bits per heavy atom. The molecule has 1 N–H and O–H groups in total. The Bertz CT molecular complexity index is 933. The van der Waals surface area contributed by atoms with Crippen LogP contribution >= 0.6 is 0 Å². The molecule has 2 rings (SSSR count). The number of amides is 1. The zero-order chi connectivity index (χ0) is 20.6. The van der Waals surface area contributed by atoms with Gasteiger partial charge in [-0.1, -0.05) is 36.9 Å². The summed E-state index contributed by atoms with van der Waals surface area (Å²) in [6.45, 7) is 4.53. The fourth-order valence-corrected chi connectivity index (χ4v) is 2.93. The van der Waals surface area contributed by atoms with Crippen molar-refractivity contribution in [1.82, 2.24) is 4.90 Å². The Morgan fingerprint density at radius 2 is 1.79 bits per heavy atom. The molecule has 0 radical (unpaired) electrons. The van der Waals surface area contributed by atoms with Crippen molar-refractivity contribution in [3.8, 4) is 5.75 Å². The van der Waals surface area contributed by atoms with E-state index in [0.717, 1.165) is 23.1 Å². The maximum absolute atomic E-state index is 12.3. The fourth-order valence-electron chi connectivity index (χ4n) is 2.37. The van der Waals surface area contributed by atoms with Crippen molar-refractivity contribution in [1.29, 1.82) is 0 Å². The molecule has 2 aromatic carbocycles. The van der Waals surface area contributed by atoms with Gasteiger partial charge in [0.05, 0.1) is 6.26 Å². The van der Waals surface area contributed by atoms with Gasteiger partial charge < -0.3 is 9.64 Å². The molecule has 0 aliphatic heterocycles. The summed E-state index contributed by atoms with van der Waals surface area (Å²) < 4.78 is 30.2. The number of carbonyl (C=O) groups excluding carboxylic acids is 1. The highest BCUT2D eigenvalue weighted by Crippen LogP contribution is 2.14. The minimum absolute atomic E-state index is 0.134. The van der Waals surface area contributed by atoms with E-state index in [1.807, 2.05) is 24.3 Å². The predicted octanol–water partition coefficient (Wildman–Crippen LogP) is 3.29. The van der Waals surface area contributed by atoms with Crippen LogP contribution in [0.2, 0.25) is 0 Å². The molecule has 0 heterocycles. The number of nitrogens with one attached hydrogen (secondary N) is 1. The Balaban J connectivity index is 1.91. The van der Waals surface area contributed by atoms with Crippen LogP contribution in [0.5, 0.6) is 5.75 Å².